The summed E-state index contributed by atoms with van der Waals surface area (Å²) in [6.45, 7) is 4.65. The van der Waals surface area contributed by atoms with Gasteiger partial charge in [0.15, 0.2) is 5.82 Å². The minimum atomic E-state index is 0.0134. The van der Waals surface area contributed by atoms with Crippen LogP contribution < -0.4 is 4.74 Å². The average Bonchev–Trinajstić information content (AvgIpc) is 3.52. The lowest BCUT2D eigenvalue weighted by Gasteiger charge is -2.16. The smallest absolute Gasteiger partial charge is 0.220 e. The fourth-order valence-electron chi connectivity index (χ4n) is 4.67. The normalized spacial score (nSPS) is 11.1. The number of hydrogen-bond donors (Lipinski definition) is 2. The summed E-state index contributed by atoms with van der Waals surface area (Å²) in [6, 6.07) is 24.3. The number of aliphatic hydroxyl groups excluding tert-OH is 1. The van der Waals surface area contributed by atoms with Crippen LogP contribution >= 0.6 is 0 Å². The molecule has 8 nitrogen and oxygen atoms in total. The molecular weight excluding hydrogens is 488 g/mol. The second-order valence-corrected chi connectivity index (χ2v) is 9.41. The van der Waals surface area contributed by atoms with E-state index in [0.29, 0.717) is 24.7 Å². The van der Waals surface area contributed by atoms with Gasteiger partial charge in [-0.2, -0.15) is 4.98 Å². The maximum atomic E-state index is 9.59. The molecule has 0 spiro atoms. The number of rotatable bonds is 11. The van der Waals surface area contributed by atoms with Gasteiger partial charge in [-0.1, -0.05) is 86.6 Å². The van der Waals surface area contributed by atoms with Crippen LogP contribution in [0.3, 0.4) is 0 Å². The van der Waals surface area contributed by atoms with Gasteiger partial charge in [-0.05, 0) is 51.1 Å². The van der Waals surface area contributed by atoms with Crippen LogP contribution in [0.25, 0.3) is 22.5 Å². The van der Waals surface area contributed by atoms with E-state index in [-0.39, 0.29) is 6.61 Å². The van der Waals surface area contributed by atoms with Crippen molar-refractivity contribution >= 4 is 0 Å². The molecule has 8 heteroatoms. The summed E-state index contributed by atoms with van der Waals surface area (Å²) >= 11 is 0. The van der Waals surface area contributed by atoms with E-state index in [1.807, 2.05) is 36.4 Å². The molecule has 0 atom stereocenters. The van der Waals surface area contributed by atoms with Crippen LogP contribution in [0.2, 0.25) is 0 Å². The summed E-state index contributed by atoms with van der Waals surface area (Å²) in [6.07, 6.45) is 3.20. The standard InChI is InChI=1S/C31H32N6O2/c1-3-8-29-32-28(4-2)27(18-22-9-7-10-23(17-22)19-38)31(33-29)39-20-21-13-15-24(16-14-21)25-11-5-6-12-26(25)30-34-36-37-35-30/h5-7,9-17,38H,3-4,8,18-20H2,1-2H3,(H,34,35,36,37). The number of nitrogens with one attached hydrogen (secondary N) is 1. The maximum absolute atomic E-state index is 9.59. The number of aromatic amines is 1. The second kappa shape index (κ2) is 12.4. The van der Waals surface area contributed by atoms with Crippen molar-refractivity contribution in [2.75, 3.05) is 0 Å². The summed E-state index contributed by atoms with van der Waals surface area (Å²) in [4.78, 5) is 9.68. The number of hydrogen-bond acceptors (Lipinski definition) is 7. The molecule has 5 aromatic rings. The van der Waals surface area contributed by atoms with Gasteiger partial charge in [0.25, 0.3) is 0 Å². The lowest BCUT2D eigenvalue weighted by molar-refractivity contribution is 0.281. The number of aliphatic hydroxyl groups is 1. The third kappa shape index (κ3) is 6.18. The number of aryl methyl sites for hydroxylation is 2. The van der Waals surface area contributed by atoms with E-state index >= 15 is 0 Å². The highest BCUT2D eigenvalue weighted by Gasteiger charge is 2.16. The molecule has 2 aromatic heterocycles. The van der Waals surface area contributed by atoms with E-state index in [1.54, 1.807) is 0 Å². The number of benzene rings is 3. The van der Waals surface area contributed by atoms with E-state index in [9.17, 15) is 5.11 Å². The summed E-state index contributed by atoms with van der Waals surface area (Å²) in [7, 11) is 0. The van der Waals surface area contributed by atoms with E-state index in [4.69, 9.17) is 14.7 Å². The summed E-state index contributed by atoms with van der Waals surface area (Å²) in [5.74, 6) is 2.08. The van der Waals surface area contributed by atoms with Crippen molar-refractivity contribution in [1.29, 1.82) is 0 Å². The van der Waals surface area contributed by atoms with Gasteiger partial charge in [0.05, 0.1) is 12.3 Å². The first-order valence-corrected chi connectivity index (χ1v) is 13.3. The largest absolute Gasteiger partial charge is 0.472 e. The first kappa shape index (κ1) is 26.2. The summed E-state index contributed by atoms with van der Waals surface area (Å²) < 4.78 is 6.38. The number of ether oxygens (including phenoxy) is 1. The number of aromatic nitrogens is 6. The second-order valence-electron chi connectivity index (χ2n) is 9.41. The Morgan fingerprint density at radius 1 is 0.846 bits per heavy atom. The SMILES string of the molecule is CCCc1nc(CC)c(Cc2cccc(CO)c2)c(OCc2ccc(-c3ccccc3-c3nnn[nH]3)cc2)n1. The molecule has 0 radical (unpaired) electrons. The van der Waals surface area contributed by atoms with Crippen LogP contribution in [0.4, 0.5) is 0 Å². The zero-order chi connectivity index (χ0) is 27.0. The summed E-state index contributed by atoms with van der Waals surface area (Å²) in [5.41, 5.74) is 8.08. The van der Waals surface area contributed by atoms with Crippen molar-refractivity contribution in [2.45, 2.75) is 52.7 Å². The Kier molecular flexibility index (Phi) is 8.33. The van der Waals surface area contributed by atoms with Crippen molar-refractivity contribution < 1.29 is 9.84 Å². The molecule has 39 heavy (non-hydrogen) atoms. The van der Waals surface area contributed by atoms with Gasteiger partial charge in [-0.25, -0.2) is 10.1 Å². The zero-order valence-corrected chi connectivity index (χ0v) is 22.3. The molecule has 0 aliphatic carbocycles. The van der Waals surface area contributed by atoms with Crippen molar-refractivity contribution in [3.05, 3.63) is 107 Å². The van der Waals surface area contributed by atoms with Crippen LogP contribution in [0.15, 0.2) is 72.8 Å². The molecule has 0 saturated carbocycles. The predicted octanol–water partition coefficient (Wildman–Crippen LogP) is 5.50. The Hall–Kier alpha value is -4.43. The first-order valence-electron chi connectivity index (χ1n) is 13.3. The third-order valence-corrected chi connectivity index (χ3v) is 6.63. The highest BCUT2D eigenvalue weighted by Crippen LogP contribution is 2.30. The van der Waals surface area contributed by atoms with Crippen LogP contribution in [0.5, 0.6) is 5.88 Å². The van der Waals surface area contributed by atoms with Gasteiger partial charge < -0.3 is 9.84 Å². The highest BCUT2D eigenvalue weighted by molar-refractivity contribution is 5.80. The van der Waals surface area contributed by atoms with Crippen LogP contribution in [0.1, 0.15) is 54.0 Å². The predicted molar refractivity (Wildman–Crippen MR) is 150 cm³/mol. The lowest BCUT2D eigenvalue weighted by atomic mass is 9.98. The Balaban J connectivity index is 1.40. The fourth-order valence-corrected chi connectivity index (χ4v) is 4.67. The van der Waals surface area contributed by atoms with Gasteiger partial charge in [-0.3, -0.25) is 0 Å². The monoisotopic (exact) mass is 520 g/mol. The topological polar surface area (TPSA) is 110 Å². The molecular formula is C31H32N6O2. The van der Waals surface area contributed by atoms with Crippen LogP contribution in [0, 0.1) is 0 Å². The fraction of sp³-hybridized carbons (Fsp3) is 0.258. The van der Waals surface area contributed by atoms with Crippen molar-refractivity contribution in [3.8, 4) is 28.4 Å². The van der Waals surface area contributed by atoms with Crippen molar-refractivity contribution in [2.24, 2.45) is 0 Å². The molecule has 0 unspecified atom stereocenters. The molecule has 0 aliphatic rings. The van der Waals surface area contributed by atoms with Gasteiger partial charge in [0.1, 0.15) is 12.4 Å². The van der Waals surface area contributed by atoms with Gasteiger partial charge in [-0.15, -0.1) is 5.10 Å². The number of H-pyrrole nitrogens is 1. The van der Waals surface area contributed by atoms with Crippen molar-refractivity contribution in [1.82, 2.24) is 30.6 Å². The van der Waals surface area contributed by atoms with Gasteiger partial charge in [0, 0.05) is 24.0 Å². The molecule has 0 aliphatic heterocycles. The minimum Gasteiger partial charge on any atom is -0.472 e. The van der Waals surface area contributed by atoms with Crippen LogP contribution in [-0.2, 0) is 32.5 Å². The van der Waals surface area contributed by atoms with Gasteiger partial charge >= 0.3 is 0 Å². The van der Waals surface area contributed by atoms with Crippen LogP contribution in [-0.4, -0.2) is 35.7 Å². The summed E-state index contributed by atoms with van der Waals surface area (Å²) in [5, 5.41) is 23.9. The maximum Gasteiger partial charge on any atom is 0.220 e. The number of tetrazole rings is 1. The molecule has 2 heterocycles. The Morgan fingerprint density at radius 3 is 2.36 bits per heavy atom. The molecule has 0 bridgehead atoms. The van der Waals surface area contributed by atoms with E-state index < -0.39 is 0 Å². The minimum absolute atomic E-state index is 0.0134. The lowest BCUT2D eigenvalue weighted by Crippen LogP contribution is -2.10. The number of nitrogens with zero attached hydrogens (tertiary/aromatic N) is 5. The molecule has 0 saturated heterocycles. The zero-order valence-electron chi connectivity index (χ0n) is 22.3. The van der Waals surface area contributed by atoms with Crippen molar-refractivity contribution in [3.63, 3.8) is 0 Å². The Labute approximate surface area is 228 Å². The average molecular weight is 521 g/mol. The quantitative estimate of drug-likeness (QED) is 0.237. The van der Waals surface area contributed by atoms with E-state index in [0.717, 1.165) is 69.7 Å². The molecule has 5 rings (SSSR count). The molecule has 3 aromatic carbocycles. The Bertz CT molecular complexity index is 1520. The molecule has 0 fully saturated rings. The molecule has 198 valence electrons. The highest BCUT2D eigenvalue weighted by atomic mass is 16.5. The molecule has 0 amide bonds. The third-order valence-electron chi connectivity index (χ3n) is 6.63. The van der Waals surface area contributed by atoms with Gasteiger partial charge in [0.2, 0.25) is 5.88 Å². The van der Waals surface area contributed by atoms with E-state index in [2.05, 4.69) is 70.9 Å². The van der Waals surface area contributed by atoms with E-state index in [1.165, 1.54) is 0 Å². The molecule has 2 N–H and O–H groups in total. The first-order chi connectivity index (χ1) is 19.2. The Morgan fingerprint density at radius 2 is 1.64 bits per heavy atom.